The summed E-state index contributed by atoms with van der Waals surface area (Å²) in [6, 6.07) is 13.2. The molecule has 3 nitrogen and oxygen atoms in total. The Bertz CT molecular complexity index is 994. The highest BCUT2D eigenvalue weighted by molar-refractivity contribution is 6.30. The van der Waals surface area contributed by atoms with Crippen molar-refractivity contribution in [2.24, 2.45) is 5.41 Å². The fourth-order valence-corrected chi connectivity index (χ4v) is 4.51. The number of allylic oxidation sites excluding steroid dienone is 2. The zero-order chi connectivity index (χ0) is 20.1. The molecule has 1 aliphatic carbocycles. The van der Waals surface area contributed by atoms with Crippen molar-refractivity contribution in [2.45, 2.75) is 39.0 Å². The summed E-state index contributed by atoms with van der Waals surface area (Å²) in [5.74, 6) is -0.697. The number of Topliss-reactive ketones (excluding diaryl/α,β-unsaturated/α-hetero) is 1. The smallest absolute Gasteiger partial charge is 0.232 e. The van der Waals surface area contributed by atoms with E-state index in [-0.39, 0.29) is 35.3 Å². The number of anilines is 1. The van der Waals surface area contributed by atoms with Crippen LogP contribution in [-0.4, -0.2) is 11.7 Å². The molecule has 2 aromatic rings. The molecule has 28 heavy (non-hydrogen) atoms. The molecule has 144 valence electrons. The monoisotopic (exact) mass is 397 g/mol. The van der Waals surface area contributed by atoms with Crippen LogP contribution in [0, 0.1) is 11.2 Å². The number of ketones is 1. The lowest BCUT2D eigenvalue weighted by Gasteiger charge is -2.43. The van der Waals surface area contributed by atoms with E-state index in [2.05, 4.69) is 0 Å². The summed E-state index contributed by atoms with van der Waals surface area (Å²) >= 11 is 6.16. The van der Waals surface area contributed by atoms with Crippen LogP contribution in [0.5, 0.6) is 0 Å². The maximum absolute atomic E-state index is 13.4. The molecule has 1 atom stereocenters. The Labute approximate surface area is 168 Å². The first-order chi connectivity index (χ1) is 13.2. The number of nitrogens with zero attached hydrogens (tertiary/aromatic N) is 1. The zero-order valence-corrected chi connectivity index (χ0v) is 16.6. The summed E-state index contributed by atoms with van der Waals surface area (Å²) in [5, 5.41) is 0.580. The zero-order valence-electron chi connectivity index (χ0n) is 15.8. The van der Waals surface area contributed by atoms with Gasteiger partial charge in [0, 0.05) is 40.7 Å². The van der Waals surface area contributed by atoms with Gasteiger partial charge in [-0.1, -0.05) is 37.6 Å². The first-order valence-corrected chi connectivity index (χ1v) is 9.73. The lowest BCUT2D eigenvalue weighted by molar-refractivity contribution is -0.121. The highest BCUT2D eigenvalue weighted by atomic mass is 35.5. The van der Waals surface area contributed by atoms with Crippen LogP contribution in [0.25, 0.3) is 0 Å². The van der Waals surface area contributed by atoms with Crippen molar-refractivity contribution >= 4 is 29.0 Å². The van der Waals surface area contributed by atoms with Gasteiger partial charge in [0.15, 0.2) is 5.78 Å². The minimum Gasteiger partial charge on any atom is -0.294 e. The van der Waals surface area contributed by atoms with Crippen LogP contribution >= 0.6 is 11.6 Å². The second-order valence-corrected chi connectivity index (χ2v) is 8.76. The van der Waals surface area contributed by atoms with E-state index in [1.165, 1.54) is 12.1 Å². The van der Waals surface area contributed by atoms with Gasteiger partial charge in [0.05, 0.1) is 0 Å². The van der Waals surface area contributed by atoms with Crippen LogP contribution in [-0.2, 0) is 9.59 Å². The molecule has 1 aliphatic heterocycles. The largest absolute Gasteiger partial charge is 0.294 e. The van der Waals surface area contributed by atoms with Gasteiger partial charge in [-0.15, -0.1) is 0 Å². The van der Waals surface area contributed by atoms with E-state index in [1.807, 2.05) is 32.0 Å². The van der Waals surface area contributed by atoms with Crippen molar-refractivity contribution in [2.75, 3.05) is 4.90 Å². The molecule has 0 N–H and O–H groups in total. The number of hydrogen-bond acceptors (Lipinski definition) is 2. The third-order valence-corrected chi connectivity index (χ3v) is 5.71. The number of benzene rings is 2. The summed E-state index contributed by atoms with van der Waals surface area (Å²) in [5.41, 5.74) is 2.64. The maximum Gasteiger partial charge on any atom is 0.232 e. The maximum atomic E-state index is 13.4. The van der Waals surface area contributed by atoms with Crippen LogP contribution in [0.15, 0.2) is 59.8 Å². The quantitative estimate of drug-likeness (QED) is 0.657. The van der Waals surface area contributed by atoms with Crippen LogP contribution in [0.2, 0.25) is 5.02 Å². The second-order valence-electron chi connectivity index (χ2n) is 8.32. The molecule has 2 aromatic carbocycles. The molecule has 0 saturated heterocycles. The predicted octanol–water partition coefficient (Wildman–Crippen LogP) is 5.64. The highest BCUT2D eigenvalue weighted by Gasteiger charge is 2.44. The number of hydrogen-bond donors (Lipinski definition) is 0. The summed E-state index contributed by atoms with van der Waals surface area (Å²) in [4.78, 5) is 27.9. The molecular weight excluding hydrogens is 377 g/mol. The number of carbonyl (C=O) groups excluding carboxylic acids is 2. The minimum absolute atomic E-state index is 0.0656. The van der Waals surface area contributed by atoms with Gasteiger partial charge in [-0.05, 0) is 53.8 Å². The molecule has 0 spiro atoms. The number of halogens is 2. The Kier molecular flexibility index (Phi) is 4.62. The summed E-state index contributed by atoms with van der Waals surface area (Å²) in [6.07, 6.45) is 1.23. The Morgan fingerprint density at radius 3 is 2.46 bits per heavy atom. The Morgan fingerprint density at radius 1 is 1.07 bits per heavy atom. The van der Waals surface area contributed by atoms with Crippen LogP contribution in [0.1, 0.15) is 44.6 Å². The number of carbonyl (C=O) groups is 2. The lowest BCUT2D eigenvalue weighted by Crippen LogP contribution is -2.43. The third kappa shape index (κ3) is 3.37. The van der Waals surface area contributed by atoms with E-state index in [1.54, 1.807) is 23.1 Å². The molecule has 0 saturated carbocycles. The van der Waals surface area contributed by atoms with Crippen LogP contribution in [0.3, 0.4) is 0 Å². The van der Waals surface area contributed by atoms with Gasteiger partial charge in [-0.2, -0.15) is 0 Å². The Balaban J connectivity index is 1.89. The fraction of sp³-hybridized carbons (Fsp3) is 0.304. The van der Waals surface area contributed by atoms with Crippen molar-refractivity contribution < 1.29 is 14.0 Å². The molecule has 4 rings (SSSR count). The molecule has 1 heterocycles. The topological polar surface area (TPSA) is 37.4 Å². The van der Waals surface area contributed by atoms with Crippen molar-refractivity contribution in [1.29, 1.82) is 0 Å². The van der Waals surface area contributed by atoms with Crippen LogP contribution < -0.4 is 4.90 Å². The van der Waals surface area contributed by atoms with Gasteiger partial charge >= 0.3 is 0 Å². The molecule has 2 aliphatic rings. The van der Waals surface area contributed by atoms with E-state index < -0.39 is 0 Å². The molecule has 0 bridgehead atoms. The van der Waals surface area contributed by atoms with Crippen molar-refractivity contribution in [1.82, 2.24) is 0 Å². The van der Waals surface area contributed by atoms with E-state index in [9.17, 15) is 14.0 Å². The van der Waals surface area contributed by atoms with E-state index in [0.717, 1.165) is 11.3 Å². The van der Waals surface area contributed by atoms with Gasteiger partial charge in [-0.3, -0.25) is 14.5 Å². The van der Waals surface area contributed by atoms with E-state index in [4.69, 9.17) is 11.6 Å². The number of amides is 1. The van der Waals surface area contributed by atoms with Crippen molar-refractivity contribution in [3.05, 3.63) is 76.2 Å². The SMILES string of the molecule is CC1(C)CC(=O)C2=C(C1)N(c1ccc(F)cc1)C(=O)CC2c1cccc(Cl)c1. The Morgan fingerprint density at radius 2 is 1.79 bits per heavy atom. The van der Waals surface area contributed by atoms with Crippen LogP contribution in [0.4, 0.5) is 10.1 Å². The van der Waals surface area contributed by atoms with Gasteiger partial charge in [0.1, 0.15) is 5.82 Å². The van der Waals surface area contributed by atoms with Crippen molar-refractivity contribution in [3.8, 4) is 0 Å². The third-order valence-electron chi connectivity index (χ3n) is 5.48. The fourth-order valence-electron chi connectivity index (χ4n) is 4.31. The average Bonchev–Trinajstić information content (AvgIpc) is 2.61. The first-order valence-electron chi connectivity index (χ1n) is 9.35. The normalized spacial score (nSPS) is 21.7. The molecule has 0 aromatic heterocycles. The van der Waals surface area contributed by atoms with Gasteiger partial charge in [0.2, 0.25) is 5.91 Å². The minimum atomic E-state index is -0.362. The molecular formula is C23H21ClFNO2. The second kappa shape index (κ2) is 6.85. The molecule has 0 fully saturated rings. The highest BCUT2D eigenvalue weighted by Crippen LogP contribution is 2.48. The van der Waals surface area contributed by atoms with E-state index >= 15 is 0 Å². The van der Waals surface area contributed by atoms with Gasteiger partial charge < -0.3 is 0 Å². The lowest BCUT2D eigenvalue weighted by atomic mass is 9.69. The first kappa shape index (κ1) is 18.9. The molecule has 5 heteroatoms. The molecule has 1 amide bonds. The Hall–Kier alpha value is -2.46. The predicted molar refractivity (Wildman–Crippen MR) is 108 cm³/mol. The molecule has 0 radical (unpaired) electrons. The average molecular weight is 398 g/mol. The summed E-state index contributed by atoms with van der Waals surface area (Å²) in [7, 11) is 0. The van der Waals surface area contributed by atoms with E-state index in [0.29, 0.717) is 29.1 Å². The van der Waals surface area contributed by atoms with Crippen molar-refractivity contribution in [3.63, 3.8) is 0 Å². The summed E-state index contributed by atoms with van der Waals surface area (Å²) < 4.78 is 13.4. The van der Waals surface area contributed by atoms with Gasteiger partial charge in [-0.25, -0.2) is 4.39 Å². The standard InChI is InChI=1S/C23H21ClFNO2/c1-23(2)12-19-22(20(27)13-23)18(14-4-3-5-15(24)10-14)11-21(28)26(19)17-8-6-16(25)7-9-17/h3-10,18H,11-13H2,1-2H3. The number of rotatable bonds is 2. The van der Waals surface area contributed by atoms with Gasteiger partial charge in [0.25, 0.3) is 0 Å². The summed E-state index contributed by atoms with van der Waals surface area (Å²) in [6.45, 7) is 4.07. The molecule has 1 unspecified atom stereocenters.